The average Bonchev–Trinajstić information content (AvgIpc) is 2.89. The van der Waals surface area contributed by atoms with E-state index < -0.39 is 0 Å². The quantitative estimate of drug-likeness (QED) is 0.774. The molecule has 0 unspecified atom stereocenters. The average molecular weight is 245 g/mol. The van der Waals surface area contributed by atoms with E-state index >= 15 is 0 Å². The van der Waals surface area contributed by atoms with Crippen molar-refractivity contribution in [2.24, 2.45) is 0 Å². The number of para-hydroxylation sites is 1. The monoisotopic (exact) mass is 245 g/mol. The van der Waals surface area contributed by atoms with Crippen LogP contribution in [0.5, 0.6) is 0 Å². The van der Waals surface area contributed by atoms with Gasteiger partial charge >= 0.3 is 0 Å². The third-order valence-corrected chi connectivity index (χ3v) is 3.08. The number of nitrogens with zero attached hydrogens (tertiary/aromatic N) is 5. The van der Waals surface area contributed by atoms with Gasteiger partial charge < -0.3 is 4.90 Å². The zero-order chi connectivity index (χ0) is 12.8. The summed E-state index contributed by atoms with van der Waals surface area (Å²) < 4.78 is 1.81. The predicted octanol–water partition coefficient (Wildman–Crippen LogP) is 1.55. The highest BCUT2D eigenvalue weighted by atomic mass is 15.5. The predicted molar refractivity (Wildman–Crippen MR) is 70.6 cm³/mol. The molecule has 96 valence electrons. The zero-order valence-electron chi connectivity index (χ0n) is 11.0. The van der Waals surface area contributed by atoms with Crippen LogP contribution in [0.25, 0.3) is 5.69 Å². The molecule has 1 heterocycles. The Balaban J connectivity index is 2.09. The third kappa shape index (κ3) is 2.92. The summed E-state index contributed by atoms with van der Waals surface area (Å²) in [5.74, 6) is 0.910. The van der Waals surface area contributed by atoms with E-state index in [4.69, 9.17) is 0 Å². The molecule has 0 aliphatic carbocycles. The first-order valence-corrected chi connectivity index (χ1v) is 6.40. The van der Waals surface area contributed by atoms with Crippen molar-refractivity contribution in [2.45, 2.75) is 20.3 Å². The van der Waals surface area contributed by atoms with Crippen LogP contribution in [0.15, 0.2) is 30.3 Å². The minimum Gasteiger partial charge on any atom is -0.303 e. The lowest BCUT2D eigenvalue weighted by Crippen LogP contribution is -2.26. The van der Waals surface area contributed by atoms with Crippen LogP contribution in [0.3, 0.4) is 0 Å². The number of hydrogen-bond donors (Lipinski definition) is 0. The van der Waals surface area contributed by atoms with Crippen molar-refractivity contribution in [3.8, 4) is 5.69 Å². The molecule has 0 fully saturated rings. The maximum absolute atomic E-state index is 4.11. The van der Waals surface area contributed by atoms with Gasteiger partial charge in [0.2, 0.25) is 0 Å². The van der Waals surface area contributed by atoms with Gasteiger partial charge in [0.25, 0.3) is 0 Å². The zero-order valence-corrected chi connectivity index (χ0v) is 11.0. The first kappa shape index (κ1) is 12.7. The number of aromatic nitrogens is 4. The van der Waals surface area contributed by atoms with E-state index in [1.54, 1.807) is 0 Å². The highest BCUT2D eigenvalue weighted by Gasteiger charge is 2.09. The molecular formula is C13H19N5. The first-order valence-electron chi connectivity index (χ1n) is 6.40. The topological polar surface area (TPSA) is 46.8 Å². The van der Waals surface area contributed by atoms with Crippen LogP contribution in [0.4, 0.5) is 0 Å². The van der Waals surface area contributed by atoms with Crippen LogP contribution >= 0.6 is 0 Å². The van der Waals surface area contributed by atoms with Gasteiger partial charge in [-0.25, -0.2) is 0 Å². The van der Waals surface area contributed by atoms with E-state index in [1.807, 2.05) is 35.0 Å². The van der Waals surface area contributed by atoms with Crippen molar-refractivity contribution >= 4 is 0 Å². The minimum absolute atomic E-state index is 0.865. The lowest BCUT2D eigenvalue weighted by Gasteiger charge is -2.17. The fourth-order valence-electron chi connectivity index (χ4n) is 1.93. The molecule has 0 spiro atoms. The molecule has 0 radical (unpaired) electrons. The summed E-state index contributed by atoms with van der Waals surface area (Å²) in [6.07, 6.45) is 0.865. The van der Waals surface area contributed by atoms with E-state index in [1.165, 1.54) is 0 Å². The van der Waals surface area contributed by atoms with Crippen molar-refractivity contribution < 1.29 is 0 Å². The van der Waals surface area contributed by atoms with Crippen molar-refractivity contribution in [3.63, 3.8) is 0 Å². The number of hydrogen-bond acceptors (Lipinski definition) is 4. The third-order valence-electron chi connectivity index (χ3n) is 3.08. The summed E-state index contributed by atoms with van der Waals surface area (Å²) in [5, 5.41) is 11.9. The number of likely N-dealkylation sites (N-methyl/N-ethyl adjacent to an activating group) is 1. The summed E-state index contributed by atoms with van der Waals surface area (Å²) in [7, 11) is 0. The Bertz CT molecular complexity index is 461. The fourth-order valence-corrected chi connectivity index (χ4v) is 1.93. The van der Waals surface area contributed by atoms with Gasteiger partial charge in [-0.1, -0.05) is 32.0 Å². The Morgan fingerprint density at radius 1 is 1.11 bits per heavy atom. The second kappa shape index (κ2) is 6.26. The maximum atomic E-state index is 4.11. The van der Waals surface area contributed by atoms with Crippen LogP contribution in [0.2, 0.25) is 0 Å². The standard InChI is InChI=1S/C13H19N5/c1-3-17(4-2)11-10-13-14-15-16-18(13)12-8-6-5-7-9-12/h5-9H,3-4,10-11H2,1-2H3. The summed E-state index contributed by atoms with van der Waals surface area (Å²) in [6, 6.07) is 9.99. The van der Waals surface area contributed by atoms with Crippen molar-refractivity contribution in [3.05, 3.63) is 36.2 Å². The molecule has 0 saturated heterocycles. The molecule has 1 aromatic heterocycles. The molecule has 1 aromatic carbocycles. The van der Waals surface area contributed by atoms with Gasteiger partial charge in [0.1, 0.15) is 0 Å². The molecule has 2 aromatic rings. The van der Waals surface area contributed by atoms with Gasteiger partial charge in [-0.05, 0) is 35.6 Å². The number of tetrazole rings is 1. The Labute approximate surface area is 107 Å². The Morgan fingerprint density at radius 3 is 2.50 bits per heavy atom. The molecule has 18 heavy (non-hydrogen) atoms. The summed E-state index contributed by atoms with van der Waals surface area (Å²) >= 11 is 0. The van der Waals surface area contributed by atoms with Crippen molar-refractivity contribution in [2.75, 3.05) is 19.6 Å². The molecular weight excluding hydrogens is 226 g/mol. The molecule has 0 aliphatic heterocycles. The first-order chi connectivity index (χ1) is 8.85. The smallest absolute Gasteiger partial charge is 0.157 e. The molecule has 0 atom stereocenters. The highest BCUT2D eigenvalue weighted by molar-refractivity contribution is 5.30. The molecule has 0 N–H and O–H groups in total. The Hall–Kier alpha value is -1.75. The number of rotatable bonds is 6. The molecule has 2 rings (SSSR count). The highest BCUT2D eigenvalue weighted by Crippen LogP contribution is 2.07. The molecule has 0 aliphatic rings. The van der Waals surface area contributed by atoms with Crippen molar-refractivity contribution in [1.82, 2.24) is 25.1 Å². The fraction of sp³-hybridized carbons (Fsp3) is 0.462. The Kier molecular flexibility index (Phi) is 4.41. The van der Waals surface area contributed by atoms with Gasteiger partial charge in [0.15, 0.2) is 5.82 Å². The summed E-state index contributed by atoms with van der Waals surface area (Å²) in [6.45, 7) is 7.44. The molecule has 5 heteroatoms. The van der Waals surface area contributed by atoms with Gasteiger partial charge in [-0.2, -0.15) is 4.68 Å². The SMILES string of the molecule is CCN(CC)CCc1nnnn1-c1ccccc1. The van der Waals surface area contributed by atoms with Crippen LogP contribution in [0.1, 0.15) is 19.7 Å². The van der Waals surface area contributed by atoms with Gasteiger partial charge in [0, 0.05) is 13.0 Å². The van der Waals surface area contributed by atoms with Gasteiger partial charge in [-0.3, -0.25) is 0 Å². The van der Waals surface area contributed by atoms with Crippen LogP contribution < -0.4 is 0 Å². The van der Waals surface area contributed by atoms with Crippen LogP contribution in [-0.2, 0) is 6.42 Å². The Morgan fingerprint density at radius 2 is 1.83 bits per heavy atom. The van der Waals surface area contributed by atoms with E-state index in [9.17, 15) is 0 Å². The lowest BCUT2D eigenvalue weighted by molar-refractivity contribution is 0.305. The summed E-state index contributed by atoms with van der Waals surface area (Å²) in [5.41, 5.74) is 1.01. The largest absolute Gasteiger partial charge is 0.303 e. The second-order valence-electron chi connectivity index (χ2n) is 4.12. The molecule has 5 nitrogen and oxygen atoms in total. The van der Waals surface area contributed by atoms with Crippen LogP contribution in [0, 0.1) is 0 Å². The van der Waals surface area contributed by atoms with Crippen molar-refractivity contribution in [1.29, 1.82) is 0 Å². The van der Waals surface area contributed by atoms with Gasteiger partial charge in [0.05, 0.1) is 5.69 Å². The van der Waals surface area contributed by atoms with E-state index in [2.05, 4.69) is 34.3 Å². The minimum atomic E-state index is 0.865. The van der Waals surface area contributed by atoms with Crippen LogP contribution in [-0.4, -0.2) is 44.7 Å². The van der Waals surface area contributed by atoms with E-state index in [-0.39, 0.29) is 0 Å². The lowest BCUT2D eigenvalue weighted by atomic mass is 10.3. The summed E-state index contributed by atoms with van der Waals surface area (Å²) in [4.78, 5) is 2.37. The maximum Gasteiger partial charge on any atom is 0.157 e. The van der Waals surface area contributed by atoms with E-state index in [0.717, 1.165) is 37.6 Å². The van der Waals surface area contributed by atoms with E-state index in [0.29, 0.717) is 0 Å². The molecule has 0 saturated carbocycles. The second-order valence-corrected chi connectivity index (χ2v) is 4.12. The van der Waals surface area contributed by atoms with Gasteiger partial charge in [-0.15, -0.1) is 5.10 Å². The number of benzene rings is 1. The molecule has 0 amide bonds. The normalized spacial score (nSPS) is 11.1. The molecule has 0 bridgehead atoms.